The van der Waals surface area contributed by atoms with Gasteiger partial charge in [0.25, 0.3) is 0 Å². The van der Waals surface area contributed by atoms with Crippen LogP contribution in [0.4, 0.5) is 5.82 Å². The third-order valence-corrected chi connectivity index (χ3v) is 5.56. The zero-order chi connectivity index (χ0) is 17.2. The molecule has 0 radical (unpaired) electrons. The van der Waals surface area contributed by atoms with Gasteiger partial charge in [-0.3, -0.25) is 4.79 Å². The first-order chi connectivity index (χ1) is 11.5. The van der Waals surface area contributed by atoms with Crippen LogP contribution in [0.2, 0.25) is 0 Å². The summed E-state index contributed by atoms with van der Waals surface area (Å²) in [7, 11) is 0. The molecule has 132 valence electrons. The third-order valence-electron chi connectivity index (χ3n) is 5.56. The van der Waals surface area contributed by atoms with Crippen molar-refractivity contribution in [3.8, 4) is 0 Å². The SMILES string of the molecule is CCCc1cncnc1N1CCC[C@]2(CCC(=O)N(C(C)C)C2)C1. The van der Waals surface area contributed by atoms with Gasteiger partial charge in [-0.05, 0) is 39.5 Å². The monoisotopic (exact) mass is 330 g/mol. The standard InChI is InChI=1S/C19H30N4O/c1-4-6-16-11-20-14-21-18(16)22-10-5-8-19(12-22)9-7-17(24)23(13-19)15(2)3/h11,14-15H,4-10,12-13H2,1-3H3/t19-/m0/s1. The van der Waals surface area contributed by atoms with Crippen LogP contribution in [0.5, 0.6) is 0 Å². The lowest BCUT2D eigenvalue weighted by atomic mass is 9.73. The van der Waals surface area contributed by atoms with Gasteiger partial charge in [0.2, 0.25) is 5.91 Å². The average Bonchev–Trinajstić information content (AvgIpc) is 2.58. The summed E-state index contributed by atoms with van der Waals surface area (Å²) in [4.78, 5) is 25.6. The number of carbonyl (C=O) groups excluding carboxylic acids is 1. The molecular formula is C19H30N4O. The third kappa shape index (κ3) is 3.40. The van der Waals surface area contributed by atoms with Crippen molar-refractivity contribution >= 4 is 11.7 Å². The molecule has 1 aromatic heterocycles. The molecule has 1 aromatic rings. The van der Waals surface area contributed by atoms with Crippen LogP contribution >= 0.6 is 0 Å². The summed E-state index contributed by atoms with van der Waals surface area (Å²) in [5.41, 5.74) is 1.48. The molecule has 2 aliphatic rings. The van der Waals surface area contributed by atoms with E-state index in [0.29, 0.717) is 18.4 Å². The molecule has 2 saturated heterocycles. The van der Waals surface area contributed by atoms with Crippen LogP contribution in [0.3, 0.4) is 0 Å². The van der Waals surface area contributed by atoms with Gasteiger partial charge in [-0.25, -0.2) is 9.97 Å². The van der Waals surface area contributed by atoms with E-state index in [1.165, 1.54) is 18.4 Å². The van der Waals surface area contributed by atoms with E-state index < -0.39 is 0 Å². The number of carbonyl (C=O) groups is 1. The minimum Gasteiger partial charge on any atom is -0.356 e. The van der Waals surface area contributed by atoms with Crippen LogP contribution in [-0.4, -0.2) is 46.5 Å². The van der Waals surface area contributed by atoms with E-state index in [1.807, 2.05) is 6.20 Å². The summed E-state index contributed by atoms with van der Waals surface area (Å²) in [5.74, 6) is 1.43. The number of nitrogens with zero attached hydrogens (tertiary/aromatic N) is 4. The van der Waals surface area contributed by atoms with Gasteiger partial charge < -0.3 is 9.80 Å². The smallest absolute Gasteiger partial charge is 0.222 e. The summed E-state index contributed by atoms with van der Waals surface area (Å²) < 4.78 is 0. The number of amides is 1. The number of aryl methyl sites for hydroxylation is 1. The van der Waals surface area contributed by atoms with Gasteiger partial charge in [0.15, 0.2) is 0 Å². The fourth-order valence-corrected chi connectivity index (χ4v) is 4.32. The van der Waals surface area contributed by atoms with Gasteiger partial charge in [0.1, 0.15) is 12.1 Å². The molecule has 0 aliphatic carbocycles. The van der Waals surface area contributed by atoms with E-state index in [4.69, 9.17) is 0 Å². The minimum absolute atomic E-state index is 0.227. The zero-order valence-corrected chi connectivity index (χ0v) is 15.3. The Hall–Kier alpha value is -1.65. The predicted molar refractivity (Wildman–Crippen MR) is 96.0 cm³/mol. The van der Waals surface area contributed by atoms with Crippen molar-refractivity contribution in [1.29, 1.82) is 0 Å². The Morgan fingerprint density at radius 2 is 2.12 bits per heavy atom. The highest BCUT2D eigenvalue weighted by atomic mass is 16.2. The number of hydrogen-bond donors (Lipinski definition) is 0. The van der Waals surface area contributed by atoms with Gasteiger partial charge in [-0.15, -0.1) is 0 Å². The molecule has 0 unspecified atom stereocenters. The Balaban J connectivity index is 1.81. The van der Waals surface area contributed by atoms with Crippen molar-refractivity contribution in [2.24, 2.45) is 5.41 Å². The Labute approximate surface area is 145 Å². The van der Waals surface area contributed by atoms with Crippen LogP contribution in [-0.2, 0) is 11.2 Å². The van der Waals surface area contributed by atoms with E-state index >= 15 is 0 Å². The van der Waals surface area contributed by atoms with E-state index in [2.05, 4.69) is 40.5 Å². The van der Waals surface area contributed by atoms with Crippen LogP contribution in [0, 0.1) is 5.41 Å². The number of anilines is 1. The van der Waals surface area contributed by atoms with E-state index in [-0.39, 0.29) is 5.41 Å². The van der Waals surface area contributed by atoms with Crippen molar-refractivity contribution in [2.45, 2.75) is 65.3 Å². The molecule has 5 heteroatoms. The zero-order valence-electron chi connectivity index (χ0n) is 15.3. The number of rotatable bonds is 4. The van der Waals surface area contributed by atoms with Gasteiger partial charge in [0.05, 0.1) is 0 Å². The molecular weight excluding hydrogens is 300 g/mol. The number of piperidine rings is 2. The normalized spacial score (nSPS) is 24.9. The van der Waals surface area contributed by atoms with Crippen LogP contribution < -0.4 is 4.90 Å². The van der Waals surface area contributed by atoms with Crippen molar-refractivity contribution in [3.05, 3.63) is 18.1 Å². The van der Waals surface area contributed by atoms with Crippen molar-refractivity contribution < 1.29 is 4.79 Å². The Kier molecular flexibility index (Phi) is 5.07. The topological polar surface area (TPSA) is 49.3 Å². The van der Waals surface area contributed by atoms with Crippen molar-refractivity contribution in [3.63, 3.8) is 0 Å². The summed E-state index contributed by atoms with van der Waals surface area (Å²) in [5, 5.41) is 0. The van der Waals surface area contributed by atoms with E-state index in [1.54, 1.807) is 6.33 Å². The molecule has 0 bridgehead atoms. The fraction of sp³-hybridized carbons (Fsp3) is 0.737. The van der Waals surface area contributed by atoms with Gasteiger partial charge >= 0.3 is 0 Å². The number of aromatic nitrogens is 2. The quantitative estimate of drug-likeness (QED) is 0.851. The largest absolute Gasteiger partial charge is 0.356 e. The molecule has 5 nitrogen and oxygen atoms in total. The van der Waals surface area contributed by atoms with Gasteiger partial charge in [-0.1, -0.05) is 13.3 Å². The van der Waals surface area contributed by atoms with Crippen LogP contribution in [0.1, 0.15) is 58.4 Å². The molecule has 2 aliphatic heterocycles. The molecule has 2 fully saturated rings. The lowest BCUT2D eigenvalue weighted by Crippen LogP contribution is -2.55. The number of hydrogen-bond acceptors (Lipinski definition) is 4. The van der Waals surface area contributed by atoms with Crippen LogP contribution in [0.25, 0.3) is 0 Å². The molecule has 0 N–H and O–H groups in total. The number of likely N-dealkylation sites (tertiary alicyclic amines) is 1. The van der Waals surface area contributed by atoms with Crippen molar-refractivity contribution in [2.75, 3.05) is 24.5 Å². The van der Waals surface area contributed by atoms with Crippen LogP contribution in [0.15, 0.2) is 12.5 Å². The molecule has 3 rings (SSSR count). The molecule has 0 saturated carbocycles. The Morgan fingerprint density at radius 1 is 1.29 bits per heavy atom. The maximum Gasteiger partial charge on any atom is 0.222 e. The molecule has 1 atom stereocenters. The first kappa shape index (κ1) is 17.2. The second-order valence-electron chi connectivity index (χ2n) is 7.76. The fourth-order valence-electron chi connectivity index (χ4n) is 4.32. The van der Waals surface area contributed by atoms with Gasteiger partial charge in [-0.2, -0.15) is 0 Å². The maximum absolute atomic E-state index is 12.2. The second-order valence-corrected chi connectivity index (χ2v) is 7.76. The summed E-state index contributed by atoms with van der Waals surface area (Å²) in [6, 6.07) is 0.291. The van der Waals surface area contributed by atoms with Crippen molar-refractivity contribution in [1.82, 2.24) is 14.9 Å². The van der Waals surface area contributed by atoms with E-state index in [0.717, 1.165) is 44.7 Å². The second kappa shape index (κ2) is 7.08. The summed E-state index contributed by atoms with van der Waals surface area (Å²) >= 11 is 0. The predicted octanol–water partition coefficient (Wildman–Crippen LogP) is 3.05. The molecule has 0 aromatic carbocycles. The highest BCUT2D eigenvalue weighted by molar-refractivity contribution is 5.77. The first-order valence-corrected chi connectivity index (χ1v) is 9.38. The lowest BCUT2D eigenvalue weighted by molar-refractivity contribution is -0.140. The highest BCUT2D eigenvalue weighted by Gasteiger charge is 2.42. The van der Waals surface area contributed by atoms with E-state index in [9.17, 15) is 4.79 Å². The average molecular weight is 330 g/mol. The van der Waals surface area contributed by atoms with Gasteiger partial charge in [0, 0.05) is 49.3 Å². The molecule has 24 heavy (non-hydrogen) atoms. The molecule has 1 amide bonds. The lowest BCUT2D eigenvalue weighted by Gasteiger charge is -2.49. The maximum atomic E-state index is 12.2. The summed E-state index contributed by atoms with van der Waals surface area (Å²) in [6.07, 6.45) is 9.87. The summed E-state index contributed by atoms with van der Waals surface area (Å²) in [6.45, 7) is 9.42. The first-order valence-electron chi connectivity index (χ1n) is 9.38. The molecule has 1 spiro atoms. The minimum atomic E-state index is 0.227. The Bertz CT molecular complexity index is 588. The highest BCUT2D eigenvalue weighted by Crippen LogP contribution is 2.40. The molecule has 3 heterocycles. The Morgan fingerprint density at radius 3 is 2.88 bits per heavy atom.